The van der Waals surface area contributed by atoms with Gasteiger partial charge >= 0.3 is 5.97 Å². The van der Waals surface area contributed by atoms with Crippen LogP contribution in [0, 0.1) is 0 Å². The minimum absolute atomic E-state index is 0.0176. The van der Waals surface area contributed by atoms with Gasteiger partial charge in [0.05, 0.1) is 15.9 Å². The van der Waals surface area contributed by atoms with Crippen LogP contribution in [0.5, 0.6) is 0 Å². The number of carboxylic acid groups (broad SMARTS) is 1. The molecule has 0 saturated carbocycles. The molecule has 88 valence electrons. The molecule has 0 radical (unpaired) electrons. The lowest BCUT2D eigenvalue weighted by molar-refractivity contribution is 0.0693. The fourth-order valence-electron chi connectivity index (χ4n) is 1.68. The molecule has 0 amide bonds. The van der Waals surface area contributed by atoms with Gasteiger partial charge in [0, 0.05) is 11.6 Å². The lowest BCUT2D eigenvalue weighted by atomic mass is 10.2. The van der Waals surface area contributed by atoms with Crippen LogP contribution in [0.25, 0.3) is 21.6 Å². The standard InChI is InChI=1S/C12H7N3O2S/c16-12(17)10-7-3-1-2-4-8(7)14-11(15-10)9-5-13-6-18-9/h1-6H,(H,16,17). The number of carbonyl (C=O) groups is 1. The van der Waals surface area contributed by atoms with E-state index in [2.05, 4.69) is 15.0 Å². The smallest absolute Gasteiger partial charge is 0.355 e. The molecule has 0 bridgehead atoms. The lowest BCUT2D eigenvalue weighted by Crippen LogP contribution is -2.04. The van der Waals surface area contributed by atoms with Gasteiger partial charge in [-0.3, -0.25) is 4.98 Å². The molecule has 0 aliphatic rings. The number of rotatable bonds is 2. The Bertz CT molecular complexity index is 725. The summed E-state index contributed by atoms with van der Waals surface area (Å²) in [5, 5.41) is 9.74. The molecule has 2 aromatic heterocycles. The van der Waals surface area contributed by atoms with E-state index in [1.807, 2.05) is 6.07 Å². The van der Waals surface area contributed by atoms with E-state index < -0.39 is 5.97 Å². The van der Waals surface area contributed by atoms with Gasteiger partial charge in [0.15, 0.2) is 11.5 Å². The maximum atomic E-state index is 11.2. The van der Waals surface area contributed by atoms with E-state index in [-0.39, 0.29) is 5.69 Å². The summed E-state index contributed by atoms with van der Waals surface area (Å²) in [6, 6.07) is 7.06. The first-order valence-corrected chi connectivity index (χ1v) is 6.02. The van der Waals surface area contributed by atoms with Crippen LogP contribution in [-0.2, 0) is 0 Å². The number of aromatic carboxylic acids is 1. The summed E-state index contributed by atoms with van der Waals surface area (Å²) >= 11 is 1.38. The minimum atomic E-state index is -1.06. The Morgan fingerprint density at radius 2 is 2.06 bits per heavy atom. The van der Waals surface area contributed by atoms with E-state index in [1.54, 1.807) is 29.9 Å². The monoisotopic (exact) mass is 257 g/mol. The zero-order valence-electron chi connectivity index (χ0n) is 9.07. The summed E-state index contributed by atoms with van der Waals surface area (Å²) in [4.78, 5) is 24.4. The third-order valence-electron chi connectivity index (χ3n) is 2.46. The Kier molecular flexibility index (Phi) is 2.49. The number of thiazole rings is 1. The van der Waals surface area contributed by atoms with Crippen molar-refractivity contribution >= 4 is 28.2 Å². The fourth-order valence-corrected chi connectivity index (χ4v) is 2.23. The second-order valence-electron chi connectivity index (χ2n) is 3.58. The highest BCUT2D eigenvalue weighted by molar-refractivity contribution is 7.13. The van der Waals surface area contributed by atoms with Crippen LogP contribution in [0.4, 0.5) is 0 Å². The van der Waals surface area contributed by atoms with E-state index in [0.717, 1.165) is 4.88 Å². The first-order chi connectivity index (χ1) is 8.75. The van der Waals surface area contributed by atoms with Crippen LogP contribution < -0.4 is 0 Å². The molecule has 0 atom stereocenters. The summed E-state index contributed by atoms with van der Waals surface area (Å²) in [5.41, 5.74) is 2.30. The molecule has 1 aromatic carbocycles. The van der Waals surface area contributed by atoms with Gasteiger partial charge in [-0.05, 0) is 6.07 Å². The molecule has 5 nitrogen and oxygen atoms in total. The van der Waals surface area contributed by atoms with Crippen molar-refractivity contribution < 1.29 is 9.90 Å². The Balaban J connectivity index is 2.33. The summed E-state index contributed by atoms with van der Waals surface area (Å²) in [5.74, 6) is -0.659. The molecule has 0 fully saturated rings. The van der Waals surface area contributed by atoms with Crippen LogP contribution >= 0.6 is 11.3 Å². The van der Waals surface area contributed by atoms with E-state index in [0.29, 0.717) is 16.7 Å². The quantitative estimate of drug-likeness (QED) is 0.763. The maximum Gasteiger partial charge on any atom is 0.355 e. The molecule has 1 N–H and O–H groups in total. The Labute approximate surface area is 106 Å². The predicted molar refractivity (Wildman–Crippen MR) is 67.6 cm³/mol. The molecule has 0 unspecified atom stereocenters. The Morgan fingerprint density at radius 1 is 1.22 bits per heavy atom. The summed E-state index contributed by atoms with van der Waals surface area (Å²) < 4.78 is 0. The van der Waals surface area contributed by atoms with E-state index in [4.69, 9.17) is 0 Å². The molecule has 0 saturated heterocycles. The van der Waals surface area contributed by atoms with Gasteiger partial charge in [-0.25, -0.2) is 14.8 Å². The second-order valence-corrected chi connectivity index (χ2v) is 4.47. The number of hydrogen-bond donors (Lipinski definition) is 1. The van der Waals surface area contributed by atoms with Crippen molar-refractivity contribution in [2.24, 2.45) is 0 Å². The molecule has 0 aliphatic heterocycles. The van der Waals surface area contributed by atoms with Crippen LogP contribution in [0.15, 0.2) is 36.0 Å². The van der Waals surface area contributed by atoms with E-state index in [1.165, 1.54) is 11.3 Å². The Morgan fingerprint density at radius 3 is 2.78 bits per heavy atom. The van der Waals surface area contributed by atoms with E-state index in [9.17, 15) is 9.90 Å². The lowest BCUT2D eigenvalue weighted by Gasteiger charge is -2.03. The normalized spacial score (nSPS) is 10.7. The highest BCUT2D eigenvalue weighted by Crippen LogP contribution is 2.23. The second kappa shape index (κ2) is 4.15. The summed E-state index contributed by atoms with van der Waals surface area (Å²) in [6.07, 6.45) is 1.63. The van der Waals surface area contributed by atoms with Crippen molar-refractivity contribution in [2.45, 2.75) is 0 Å². The average Bonchev–Trinajstić information content (AvgIpc) is 2.91. The van der Waals surface area contributed by atoms with Crippen molar-refractivity contribution in [3.8, 4) is 10.7 Å². The zero-order valence-corrected chi connectivity index (χ0v) is 9.89. The zero-order chi connectivity index (χ0) is 12.5. The third kappa shape index (κ3) is 1.72. The van der Waals surface area contributed by atoms with Gasteiger partial charge in [-0.2, -0.15) is 0 Å². The van der Waals surface area contributed by atoms with E-state index >= 15 is 0 Å². The van der Waals surface area contributed by atoms with Crippen LogP contribution in [0.2, 0.25) is 0 Å². The molecular weight excluding hydrogens is 250 g/mol. The number of nitrogens with zero attached hydrogens (tertiary/aromatic N) is 3. The molecule has 0 spiro atoms. The molecular formula is C12H7N3O2S. The number of benzene rings is 1. The highest BCUT2D eigenvalue weighted by Gasteiger charge is 2.14. The van der Waals surface area contributed by atoms with Gasteiger partial charge in [0.1, 0.15) is 0 Å². The van der Waals surface area contributed by atoms with Crippen molar-refractivity contribution in [3.05, 3.63) is 41.7 Å². The summed E-state index contributed by atoms with van der Waals surface area (Å²) in [6.45, 7) is 0. The Hall–Kier alpha value is -2.34. The first kappa shape index (κ1) is 10.8. The van der Waals surface area contributed by atoms with Crippen molar-refractivity contribution in [1.29, 1.82) is 0 Å². The molecule has 2 heterocycles. The van der Waals surface area contributed by atoms with Crippen molar-refractivity contribution in [3.63, 3.8) is 0 Å². The van der Waals surface area contributed by atoms with Gasteiger partial charge in [-0.15, -0.1) is 11.3 Å². The largest absolute Gasteiger partial charge is 0.476 e. The fraction of sp³-hybridized carbons (Fsp3) is 0. The number of hydrogen-bond acceptors (Lipinski definition) is 5. The molecule has 3 rings (SSSR count). The molecule has 18 heavy (non-hydrogen) atoms. The maximum absolute atomic E-state index is 11.2. The van der Waals surface area contributed by atoms with Gasteiger partial charge in [0.25, 0.3) is 0 Å². The van der Waals surface area contributed by atoms with Gasteiger partial charge < -0.3 is 5.11 Å². The molecule has 0 aliphatic carbocycles. The third-order valence-corrected chi connectivity index (χ3v) is 3.23. The highest BCUT2D eigenvalue weighted by atomic mass is 32.1. The van der Waals surface area contributed by atoms with Crippen LogP contribution in [-0.4, -0.2) is 26.0 Å². The van der Waals surface area contributed by atoms with Crippen LogP contribution in [0.3, 0.4) is 0 Å². The molecule has 3 aromatic rings. The van der Waals surface area contributed by atoms with Gasteiger partial charge in [0.2, 0.25) is 0 Å². The number of fused-ring (bicyclic) bond motifs is 1. The topological polar surface area (TPSA) is 76.0 Å². The predicted octanol–water partition coefficient (Wildman–Crippen LogP) is 2.45. The van der Waals surface area contributed by atoms with Gasteiger partial charge in [-0.1, -0.05) is 18.2 Å². The summed E-state index contributed by atoms with van der Waals surface area (Å²) in [7, 11) is 0. The van der Waals surface area contributed by atoms with Crippen LogP contribution in [0.1, 0.15) is 10.5 Å². The minimum Gasteiger partial charge on any atom is -0.476 e. The SMILES string of the molecule is O=C(O)c1nc(-c2cncs2)nc2ccccc12. The number of aromatic nitrogens is 3. The van der Waals surface area contributed by atoms with Crippen molar-refractivity contribution in [2.75, 3.05) is 0 Å². The van der Waals surface area contributed by atoms with Crippen molar-refractivity contribution in [1.82, 2.24) is 15.0 Å². The molecule has 6 heteroatoms. The average molecular weight is 257 g/mol. The number of carboxylic acids is 1. The number of para-hydroxylation sites is 1. The first-order valence-electron chi connectivity index (χ1n) is 5.14.